The Bertz CT molecular complexity index is 630. The van der Waals surface area contributed by atoms with Crippen molar-refractivity contribution in [3.05, 3.63) is 16.7 Å². The number of phosphoric acid groups is 1. The van der Waals surface area contributed by atoms with Gasteiger partial charge in [-0.2, -0.15) is 0 Å². The number of phosphoric ester groups is 1. The number of hydrogen-bond donors (Lipinski definition) is 4. The molecular weight excluding hydrogens is 303 g/mol. The van der Waals surface area contributed by atoms with Crippen LogP contribution in [-0.2, 0) is 13.8 Å². The summed E-state index contributed by atoms with van der Waals surface area (Å²) in [5, 5.41) is 2.95. The van der Waals surface area contributed by atoms with Crippen LogP contribution in [0, 0.1) is 0 Å². The van der Waals surface area contributed by atoms with E-state index in [1.807, 2.05) is 4.90 Å². The second kappa shape index (κ2) is 5.39. The minimum absolute atomic E-state index is 0.169. The van der Waals surface area contributed by atoms with Gasteiger partial charge in [0.15, 0.2) is 5.82 Å². The van der Waals surface area contributed by atoms with E-state index in [-0.39, 0.29) is 18.4 Å². The summed E-state index contributed by atoms with van der Waals surface area (Å²) < 4.78 is 20.8. The molecular formula is C10H15N4O6P. The lowest BCUT2D eigenvalue weighted by Gasteiger charge is -2.24. The van der Waals surface area contributed by atoms with Gasteiger partial charge in [-0.1, -0.05) is 0 Å². The van der Waals surface area contributed by atoms with E-state index in [1.165, 1.54) is 6.33 Å². The van der Waals surface area contributed by atoms with Crippen LogP contribution in [0.15, 0.2) is 11.1 Å². The first-order valence-electron chi connectivity index (χ1n) is 6.38. The molecule has 4 N–H and O–H groups in total. The number of nitrogens with one attached hydrogen (secondary N) is 2. The monoisotopic (exact) mass is 318 g/mol. The second-order valence-corrected chi connectivity index (χ2v) is 6.05. The molecule has 2 aliphatic heterocycles. The van der Waals surface area contributed by atoms with E-state index in [0.29, 0.717) is 31.0 Å². The summed E-state index contributed by atoms with van der Waals surface area (Å²) in [6.07, 6.45) is 1.89. The number of H-pyrrole nitrogens is 1. The quantitative estimate of drug-likeness (QED) is 0.545. The number of anilines is 2. The summed E-state index contributed by atoms with van der Waals surface area (Å²) in [5.41, 5.74) is 0.151. The summed E-state index contributed by atoms with van der Waals surface area (Å²) in [5.74, 6) is 0.514. The molecule has 0 bridgehead atoms. The smallest absolute Gasteiger partial charge is 0.360 e. The zero-order valence-corrected chi connectivity index (χ0v) is 11.8. The maximum Gasteiger partial charge on any atom is 0.469 e. The molecule has 1 aromatic rings. The van der Waals surface area contributed by atoms with Gasteiger partial charge in [0.25, 0.3) is 5.56 Å². The van der Waals surface area contributed by atoms with Crippen molar-refractivity contribution in [2.75, 3.05) is 23.5 Å². The third-order valence-corrected chi connectivity index (χ3v) is 3.88. The number of hydrogen-bond acceptors (Lipinski definition) is 7. The molecule has 1 fully saturated rings. The van der Waals surface area contributed by atoms with Crippen LogP contribution in [0.2, 0.25) is 0 Å². The minimum atomic E-state index is -4.49. The molecule has 2 aliphatic rings. The van der Waals surface area contributed by atoms with Crippen LogP contribution in [0.1, 0.15) is 12.8 Å². The van der Waals surface area contributed by atoms with Crippen molar-refractivity contribution in [3.8, 4) is 0 Å². The number of aromatic nitrogens is 2. The highest BCUT2D eigenvalue weighted by atomic mass is 31.2. The van der Waals surface area contributed by atoms with E-state index in [2.05, 4.69) is 19.8 Å². The lowest BCUT2D eigenvalue weighted by molar-refractivity contribution is 0.0106. The Balaban J connectivity index is 1.65. The number of rotatable bonds is 4. The SMILES string of the molecule is O=c1[nH]cnc2c1NCN2C1CCC(COP(=O)(O)O)O1. The Morgan fingerprint density at radius 3 is 3.10 bits per heavy atom. The van der Waals surface area contributed by atoms with Gasteiger partial charge in [0.2, 0.25) is 0 Å². The Labute approximate surface area is 119 Å². The average molecular weight is 318 g/mol. The molecule has 0 amide bonds. The highest BCUT2D eigenvalue weighted by molar-refractivity contribution is 7.46. The lowest BCUT2D eigenvalue weighted by Crippen LogP contribution is -2.36. The molecule has 0 aromatic carbocycles. The fourth-order valence-corrected chi connectivity index (χ4v) is 2.82. The van der Waals surface area contributed by atoms with E-state index in [9.17, 15) is 9.36 Å². The van der Waals surface area contributed by atoms with Crippen LogP contribution in [0.3, 0.4) is 0 Å². The molecule has 2 atom stereocenters. The second-order valence-electron chi connectivity index (χ2n) is 4.81. The molecule has 3 heterocycles. The van der Waals surface area contributed by atoms with Crippen LogP contribution in [0.5, 0.6) is 0 Å². The van der Waals surface area contributed by atoms with Gasteiger partial charge in [-0.25, -0.2) is 9.55 Å². The van der Waals surface area contributed by atoms with Crippen molar-refractivity contribution in [1.29, 1.82) is 0 Å². The van der Waals surface area contributed by atoms with Crippen LogP contribution >= 0.6 is 7.82 Å². The molecule has 3 rings (SSSR count). The molecule has 0 spiro atoms. The minimum Gasteiger partial charge on any atom is -0.360 e. The maximum absolute atomic E-state index is 11.6. The number of fused-ring (bicyclic) bond motifs is 1. The predicted octanol–water partition coefficient (Wildman–Crippen LogP) is -0.426. The van der Waals surface area contributed by atoms with Crippen molar-refractivity contribution in [3.63, 3.8) is 0 Å². The Hall–Kier alpha value is -1.45. The third-order valence-electron chi connectivity index (χ3n) is 3.39. The number of nitrogens with zero attached hydrogens (tertiary/aromatic N) is 2. The van der Waals surface area contributed by atoms with E-state index < -0.39 is 13.9 Å². The van der Waals surface area contributed by atoms with Gasteiger partial charge in [0.05, 0.1) is 25.7 Å². The topological polar surface area (TPSA) is 137 Å². The molecule has 2 unspecified atom stereocenters. The summed E-state index contributed by atoms with van der Waals surface area (Å²) >= 11 is 0. The van der Waals surface area contributed by atoms with E-state index in [4.69, 9.17) is 14.5 Å². The van der Waals surface area contributed by atoms with Crippen LogP contribution in [0.4, 0.5) is 11.5 Å². The van der Waals surface area contributed by atoms with E-state index in [0.717, 1.165) is 0 Å². The zero-order chi connectivity index (χ0) is 15.0. The summed E-state index contributed by atoms with van der Waals surface area (Å²) in [6, 6.07) is 0. The van der Waals surface area contributed by atoms with Crippen LogP contribution in [0.25, 0.3) is 0 Å². The van der Waals surface area contributed by atoms with Crippen LogP contribution in [-0.4, -0.2) is 45.4 Å². The highest BCUT2D eigenvalue weighted by Gasteiger charge is 2.36. The standard InChI is InChI=1S/C10H15N4O6P/c15-10-8-9(11-4-12-10)14(5-13-8)7-2-1-6(20-7)3-19-21(16,17)18/h4,6-7,13H,1-3,5H2,(H,11,12,15)(H2,16,17,18). The van der Waals surface area contributed by atoms with Crippen molar-refractivity contribution >= 4 is 19.3 Å². The maximum atomic E-state index is 11.6. The molecule has 0 saturated carbocycles. The molecule has 1 saturated heterocycles. The van der Waals surface area contributed by atoms with Gasteiger partial charge < -0.3 is 29.7 Å². The fraction of sp³-hybridized carbons (Fsp3) is 0.600. The van der Waals surface area contributed by atoms with Crippen molar-refractivity contribution in [1.82, 2.24) is 9.97 Å². The molecule has 0 aliphatic carbocycles. The van der Waals surface area contributed by atoms with E-state index >= 15 is 0 Å². The van der Waals surface area contributed by atoms with E-state index in [1.54, 1.807) is 0 Å². The third kappa shape index (κ3) is 3.09. The summed E-state index contributed by atoms with van der Waals surface area (Å²) in [7, 11) is -4.49. The van der Waals surface area contributed by atoms with Gasteiger partial charge in [0, 0.05) is 0 Å². The Morgan fingerprint density at radius 1 is 1.52 bits per heavy atom. The molecule has 0 radical (unpaired) electrons. The first-order valence-corrected chi connectivity index (χ1v) is 7.91. The van der Waals surface area contributed by atoms with Gasteiger partial charge in [0.1, 0.15) is 11.9 Å². The Kier molecular flexibility index (Phi) is 3.72. The average Bonchev–Trinajstić information content (AvgIpc) is 3.02. The first kappa shape index (κ1) is 14.5. The van der Waals surface area contributed by atoms with Crippen molar-refractivity contribution in [2.45, 2.75) is 25.2 Å². The molecule has 1 aromatic heterocycles. The molecule has 10 nitrogen and oxygen atoms in total. The number of ether oxygens (including phenoxy) is 1. The Morgan fingerprint density at radius 2 is 2.33 bits per heavy atom. The summed E-state index contributed by atoms with van der Waals surface area (Å²) in [6.45, 7) is 0.226. The fourth-order valence-electron chi connectivity index (χ4n) is 2.46. The van der Waals surface area contributed by atoms with Crippen molar-refractivity contribution in [2.24, 2.45) is 0 Å². The highest BCUT2D eigenvalue weighted by Crippen LogP contribution is 2.38. The van der Waals surface area contributed by atoms with Crippen LogP contribution < -0.4 is 15.8 Å². The summed E-state index contributed by atoms with van der Waals surface area (Å²) in [4.78, 5) is 37.4. The zero-order valence-electron chi connectivity index (χ0n) is 10.9. The molecule has 11 heteroatoms. The molecule has 21 heavy (non-hydrogen) atoms. The largest absolute Gasteiger partial charge is 0.469 e. The normalized spacial score (nSPS) is 25.0. The predicted molar refractivity (Wildman–Crippen MR) is 71.7 cm³/mol. The number of aromatic amines is 1. The lowest BCUT2D eigenvalue weighted by atomic mass is 10.2. The van der Waals surface area contributed by atoms with Gasteiger partial charge >= 0.3 is 7.82 Å². The molecule has 116 valence electrons. The van der Waals surface area contributed by atoms with Gasteiger partial charge in [-0.3, -0.25) is 9.32 Å². The van der Waals surface area contributed by atoms with Gasteiger partial charge in [-0.05, 0) is 12.8 Å². The first-order chi connectivity index (χ1) is 9.94. The van der Waals surface area contributed by atoms with Crippen molar-refractivity contribution < 1.29 is 23.6 Å². The van der Waals surface area contributed by atoms with Gasteiger partial charge in [-0.15, -0.1) is 0 Å².